The third-order valence-electron chi connectivity index (χ3n) is 5.76. The lowest BCUT2D eigenvalue weighted by Gasteiger charge is -2.40. The van der Waals surface area contributed by atoms with E-state index in [2.05, 4.69) is 35.8 Å². The smallest absolute Gasteiger partial charge is 0.273 e. The van der Waals surface area contributed by atoms with Gasteiger partial charge in [-0.25, -0.2) is 9.67 Å². The summed E-state index contributed by atoms with van der Waals surface area (Å²) >= 11 is 1.50. The van der Waals surface area contributed by atoms with Gasteiger partial charge in [-0.15, -0.1) is 11.3 Å². The lowest BCUT2D eigenvalue weighted by Crippen LogP contribution is -2.50. The Morgan fingerprint density at radius 3 is 2.63 bits per heavy atom. The summed E-state index contributed by atoms with van der Waals surface area (Å²) in [7, 11) is 0. The number of hydrogen-bond donors (Lipinski definition) is 0. The molecule has 0 bridgehead atoms. The first kappa shape index (κ1) is 20.8. The minimum absolute atomic E-state index is 0.0397. The fourth-order valence-corrected chi connectivity index (χ4v) is 4.90. The van der Waals surface area contributed by atoms with Gasteiger partial charge >= 0.3 is 0 Å². The molecule has 158 valence electrons. The number of aromatic nitrogens is 3. The number of hydrogen-bond acceptors (Lipinski definition) is 5. The molecule has 1 saturated heterocycles. The molecule has 6 nitrogen and oxygen atoms in total. The Labute approximate surface area is 182 Å². The van der Waals surface area contributed by atoms with Gasteiger partial charge in [-0.1, -0.05) is 25.1 Å². The van der Waals surface area contributed by atoms with E-state index in [0.717, 1.165) is 48.7 Å². The van der Waals surface area contributed by atoms with Crippen molar-refractivity contribution in [2.45, 2.75) is 45.7 Å². The van der Waals surface area contributed by atoms with E-state index in [9.17, 15) is 4.79 Å². The summed E-state index contributed by atoms with van der Waals surface area (Å²) in [5, 5.41) is 7.16. The number of carbonyl (C=O) groups excluding carboxylic acids is 1. The van der Waals surface area contributed by atoms with E-state index in [4.69, 9.17) is 0 Å². The van der Waals surface area contributed by atoms with Crippen molar-refractivity contribution in [1.82, 2.24) is 24.6 Å². The molecule has 0 unspecified atom stereocenters. The number of amides is 1. The van der Waals surface area contributed by atoms with Crippen LogP contribution in [0.1, 0.15) is 44.1 Å². The van der Waals surface area contributed by atoms with Crippen molar-refractivity contribution >= 4 is 17.2 Å². The molecule has 0 N–H and O–H groups in total. The second-order valence-electron chi connectivity index (χ2n) is 8.02. The van der Waals surface area contributed by atoms with E-state index in [0.29, 0.717) is 5.69 Å². The first-order chi connectivity index (χ1) is 14.6. The van der Waals surface area contributed by atoms with Gasteiger partial charge in [0.15, 0.2) is 0 Å². The van der Waals surface area contributed by atoms with Crippen LogP contribution in [0.15, 0.2) is 48.1 Å². The van der Waals surface area contributed by atoms with Gasteiger partial charge in [-0.3, -0.25) is 4.79 Å². The fraction of sp³-hybridized carbons (Fsp3) is 0.435. The van der Waals surface area contributed by atoms with Gasteiger partial charge in [0.05, 0.1) is 11.9 Å². The maximum absolute atomic E-state index is 13.3. The lowest BCUT2D eigenvalue weighted by atomic mass is 10.0. The summed E-state index contributed by atoms with van der Waals surface area (Å²) in [5.41, 5.74) is 2.46. The molecule has 0 saturated carbocycles. The molecule has 2 aromatic heterocycles. The van der Waals surface area contributed by atoms with Gasteiger partial charge < -0.3 is 9.80 Å². The van der Waals surface area contributed by atoms with Gasteiger partial charge in [0.1, 0.15) is 10.7 Å². The van der Waals surface area contributed by atoms with Crippen LogP contribution in [0.2, 0.25) is 0 Å². The summed E-state index contributed by atoms with van der Waals surface area (Å²) in [6, 6.07) is 10.4. The minimum atomic E-state index is 0.0397. The molecular formula is C23H29N5OS. The molecule has 0 radical (unpaired) electrons. The largest absolute Gasteiger partial charge is 0.332 e. The van der Waals surface area contributed by atoms with Crippen LogP contribution in [-0.4, -0.2) is 62.2 Å². The molecule has 3 heterocycles. The Kier molecular flexibility index (Phi) is 6.29. The van der Waals surface area contributed by atoms with Gasteiger partial charge in [-0.05, 0) is 45.4 Å². The zero-order valence-corrected chi connectivity index (χ0v) is 18.7. The van der Waals surface area contributed by atoms with E-state index in [1.807, 2.05) is 51.5 Å². The number of rotatable bonds is 6. The maximum atomic E-state index is 13.3. The minimum Gasteiger partial charge on any atom is -0.332 e. The van der Waals surface area contributed by atoms with E-state index in [-0.39, 0.29) is 18.0 Å². The summed E-state index contributed by atoms with van der Waals surface area (Å²) in [6.45, 7) is 9.58. The molecule has 0 atom stereocenters. The summed E-state index contributed by atoms with van der Waals surface area (Å²) in [6.07, 6.45) is 5.82. The molecule has 0 spiro atoms. The number of likely N-dealkylation sites (tertiary alicyclic amines) is 1. The highest BCUT2D eigenvalue weighted by Gasteiger charge is 2.31. The van der Waals surface area contributed by atoms with Crippen molar-refractivity contribution in [3.63, 3.8) is 0 Å². The van der Waals surface area contributed by atoms with Crippen LogP contribution < -0.4 is 0 Å². The molecule has 1 aliphatic rings. The molecule has 1 fully saturated rings. The van der Waals surface area contributed by atoms with Crippen molar-refractivity contribution in [3.8, 4) is 16.3 Å². The SMILES string of the molecule is CCN1CCC(N(C(=O)c2csc(-c3cnn(-c4ccccc4)c3)n2)C(C)C)CC1. The van der Waals surface area contributed by atoms with Crippen LogP contribution >= 0.6 is 11.3 Å². The van der Waals surface area contributed by atoms with Crippen LogP contribution in [-0.2, 0) is 0 Å². The summed E-state index contributed by atoms with van der Waals surface area (Å²) in [5.74, 6) is 0.0397. The molecule has 3 aromatic rings. The third kappa shape index (κ3) is 4.32. The molecule has 1 amide bonds. The van der Waals surface area contributed by atoms with Gasteiger partial charge in [-0.2, -0.15) is 5.10 Å². The Bertz CT molecular complexity index is 972. The van der Waals surface area contributed by atoms with Crippen LogP contribution in [0.3, 0.4) is 0 Å². The topological polar surface area (TPSA) is 54.3 Å². The Balaban J connectivity index is 1.51. The number of piperidine rings is 1. The van der Waals surface area contributed by atoms with Gasteiger partial charge in [0.2, 0.25) is 0 Å². The summed E-state index contributed by atoms with van der Waals surface area (Å²) < 4.78 is 1.83. The molecule has 1 aromatic carbocycles. The van der Waals surface area contributed by atoms with Crippen LogP contribution in [0.4, 0.5) is 0 Å². The molecule has 1 aliphatic heterocycles. The number of para-hydroxylation sites is 1. The van der Waals surface area contributed by atoms with E-state index >= 15 is 0 Å². The normalized spacial score (nSPS) is 15.6. The highest BCUT2D eigenvalue weighted by molar-refractivity contribution is 7.13. The van der Waals surface area contributed by atoms with Gasteiger partial charge in [0, 0.05) is 42.3 Å². The second-order valence-corrected chi connectivity index (χ2v) is 8.88. The average Bonchev–Trinajstić information content (AvgIpc) is 3.44. The quantitative estimate of drug-likeness (QED) is 0.592. The van der Waals surface area contributed by atoms with Crippen LogP contribution in [0, 0.1) is 0 Å². The number of benzene rings is 1. The number of carbonyl (C=O) groups is 1. The van der Waals surface area contributed by atoms with Crippen molar-refractivity contribution in [1.29, 1.82) is 0 Å². The van der Waals surface area contributed by atoms with E-state index in [1.165, 1.54) is 11.3 Å². The molecule has 4 rings (SSSR count). The van der Waals surface area contributed by atoms with Crippen molar-refractivity contribution < 1.29 is 4.79 Å². The molecule has 7 heteroatoms. The highest BCUT2D eigenvalue weighted by atomic mass is 32.1. The van der Waals surface area contributed by atoms with Gasteiger partial charge in [0.25, 0.3) is 5.91 Å². The first-order valence-electron chi connectivity index (χ1n) is 10.7. The predicted molar refractivity (Wildman–Crippen MR) is 121 cm³/mol. The third-order valence-corrected chi connectivity index (χ3v) is 6.65. The Hall–Kier alpha value is -2.51. The van der Waals surface area contributed by atoms with Crippen molar-refractivity contribution in [3.05, 3.63) is 53.8 Å². The fourth-order valence-electron chi connectivity index (χ4n) is 4.13. The maximum Gasteiger partial charge on any atom is 0.273 e. The summed E-state index contributed by atoms with van der Waals surface area (Å²) in [4.78, 5) is 22.5. The Morgan fingerprint density at radius 1 is 1.23 bits per heavy atom. The Morgan fingerprint density at radius 2 is 1.97 bits per heavy atom. The molecular weight excluding hydrogens is 394 g/mol. The van der Waals surface area contributed by atoms with E-state index in [1.54, 1.807) is 6.20 Å². The van der Waals surface area contributed by atoms with E-state index < -0.39 is 0 Å². The second kappa shape index (κ2) is 9.10. The lowest BCUT2D eigenvalue weighted by molar-refractivity contribution is 0.0485. The zero-order chi connectivity index (χ0) is 21.1. The van der Waals surface area contributed by atoms with Crippen molar-refractivity contribution in [2.75, 3.05) is 19.6 Å². The van der Waals surface area contributed by atoms with Crippen LogP contribution in [0.25, 0.3) is 16.3 Å². The zero-order valence-electron chi connectivity index (χ0n) is 17.9. The first-order valence-corrected chi connectivity index (χ1v) is 11.6. The predicted octanol–water partition coefficient (Wildman–Crippen LogP) is 4.33. The standard InChI is InChI=1S/C23H29N5OS/c1-4-26-12-10-20(11-13-26)28(17(2)3)23(29)21-16-30-22(25-21)18-14-24-27(15-18)19-8-6-5-7-9-19/h5-9,14-17,20H,4,10-13H2,1-3H3. The number of nitrogens with zero attached hydrogens (tertiary/aromatic N) is 5. The monoisotopic (exact) mass is 423 g/mol. The van der Waals surface area contributed by atoms with Crippen LogP contribution in [0.5, 0.6) is 0 Å². The van der Waals surface area contributed by atoms with Crippen molar-refractivity contribution in [2.24, 2.45) is 0 Å². The molecule has 0 aliphatic carbocycles. The number of thiazole rings is 1. The molecule has 30 heavy (non-hydrogen) atoms. The highest BCUT2D eigenvalue weighted by Crippen LogP contribution is 2.27. The average molecular weight is 424 g/mol.